The summed E-state index contributed by atoms with van der Waals surface area (Å²) in [5.74, 6) is 0.746. The summed E-state index contributed by atoms with van der Waals surface area (Å²) in [6.45, 7) is 11.1. The predicted octanol–water partition coefficient (Wildman–Crippen LogP) is 1.58. The van der Waals surface area contributed by atoms with Crippen molar-refractivity contribution in [2.24, 2.45) is 14.1 Å². The standard InChI is InChI=1S/C10H14N4O2.C6H15N.ClH/c1-5-14-6(2)11-8-7(14)9(15)13(4)10(16)12(8)3;1-3-5-7-6-4-2;/h5H2,1-4H3;7H,3-6H2,1-2H3;1H. The van der Waals surface area contributed by atoms with Gasteiger partial charge in [-0.1, -0.05) is 13.8 Å². The Bertz CT molecular complexity index is 756. The molecule has 138 valence electrons. The first-order valence-electron chi connectivity index (χ1n) is 8.24. The third-order valence-electron chi connectivity index (χ3n) is 3.71. The van der Waals surface area contributed by atoms with Crippen LogP contribution in [-0.2, 0) is 20.6 Å². The van der Waals surface area contributed by atoms with E-state index in [9.17, 15) is 9.59 Å². The monoisotopic (exact) mass is 359 g/mol. The van der Waals surface area contributed by atoms with Crippen LogP contribution in [0.5, 0.6) is 0 Å². The molecule has 0 radical (unpaired) electrons. The van der Waals surface area contributed by atoms with Gasteiger partial charge in [-0.05, 0) is 39.8 Å². The maximum absolute atomic E-state index is 12.0. The highest BCUT2D eigenvalue weighted by molar-refractivity contribution is 5.85. The van der Waals surface area contributed by atoms with Gasteiger partial charge in [0.1, 0.15) is 5.82 Å². The quantitative estimate of drug-likeness (QED) is 0.822. The van der Waals surface area contributed by atoms with Crippen LogP contribution < -0.4 is 16.6 Å². The molecule has 0 unspecified atom stereocenters. The zero-order valence-corrected chi connectivity index (χ0v) is 16.4. The summed E-state index contributed by atoms with van der Waals surface area (Å²) < 4.78 is 4.32. The minimum absolute atomic E-state index is 0. The van der Waals surface area contributed by atoms with E-state index in [-0.39, 0.29) is 23.7 Å². The Morgan fingerprint density at radius 3 is 2.00 bits per heavy atom. The molecule has 24 heavy (non-hydrogen) atoms. The average molecular weight is 360 g/mol. The molecule has 2 aromatic heterocycles. The molecule has 0 aliphatic rings. The lowest BCUT2D eigenvalue weighted by Crippen LogP contribution is -2.37. The molecule has 0 atom stereocenters. The van der Waals surface area contributed by atoms with Gasteiger partial charge in [0.25, 0.3) is 5.56 Å². The van der Waals surface area contributed by atoms with Crippen molar-refractivity contribution in [2.75, 3.05) is 13.1 Å². The molecule has 0 saturated carbocycles. The van der Waals surface area contributed by atoms with Crippen molar-refractivity contribution in [1.82, 2.24) is 24.0 Å². The Labute approximate surface area is 149 Å². The molecule has 0 bridgehead atoms. The summed E-state index contributed by atoms with van der Waals surface area (Å²) in [6.07, 6.45) is 2.50. The van der Waals surface area contributed by atoms with Gasteiger partial charge < -0.3 is 9.88 Å². The molecule has 8 heteroatoms. The summed E-state index contributed by atoms with van der Waals surface area (Å²) in [7, 11) is 3.10. The maximum atomic E-state index is 12.0. The number of hydrogen-bond donors (Lipinski definition) is 1. The van der Waals surface area contributed by atoms with Crippen LogP contribution in [0.3, 0.4) is 0 Å². The SMILES string of the molecule is CCCNCCC.CCn1c(C)nc2c1c(=O)n(C)c(=O)n2C.Cl. The normalized spacial score (nSPS) is 10.2. The van der Waals surface area contributed by atoms with Crippen molar-refractivity contribution < 1.29 is 0 Å². The third kappa shape index (κ3) is 4.70. The maximum Gasteiger partial charge on any atom is 0.332 e. The van der Waals surface area contributed by atoms with E-state index in [1.165, 1.54) is 37.5 Å². The summed E-state index contributed by atoms with van der Waals surface area (Å²) >= 11 is 0. The van der Waals surface area contributed by atoms with Crippen LogP contribution in [0.1, 0.15) is 39.4 Å². The lowest BCUT2D eigenvalue weighted by Gasteiger charge is -2.04. The molecule has 0 spiro atoms. The van der Waals surface area contributed by atoms with Crippen LogP contribution in [0, 0.1) is 6.92 Å². The van der Waals surface area contributed by atoms with Crippen LogP contribution in [0.2, 0.25) is 0 Å². The Morgan fingerprint density at radius 1 is 1.00 bits per heavy atom. The van der Waals surface area contributed by atoms with Gasteiger partial charge in [0.05, 0.1) is 0 Å². The van der Waals surface area contributed by atoms with E-state index in [1.807, 2.05) is 18.4 Å². The fraction of sp³-hybridized carbons (Fsp3) is 0.688. The van der Waals surface area contributed by atoms with Gasteiger partial charge in [-0.3, -0.25) is 13.9 Å². The van der Waals surface area contributed by atoms with Crippen molar-refractivity contribution in [2.45, 2.75) is 47.1 Å². The zero-order chi connectivity index (χ0) is 17.6. The van der Waals surface area contributed by atoms with Gasteiger partial charge in [0.2, 0.25) is 0 Å². The van der Waals surface area contributed by atoms with Gasteiger partial charge in [0, 0.05) is 20.6 Å². The number of hydrogen-bond acceptors (Lipinski definition) is 4. The average Bonchev–Trinajstić information content (AvgIpc) is 2.88. The molecule has 2 heterocycles. The number of nitrogens with zero attached hydrogens (tertiary/aromatic N) is 4. The Kier molecular flexibility index (Phi) is 9.62. The molecule has 0 amide bonds. The molecular formula is C16H30ClN5O2. The summed E-state index contributed by atoms with van der Waals surface area (Å²) in [5.41, 5.74) is 0.302. The van der Waals surface area contributed by atoms with E-state index in [2.05, 4.69) is 24.1 Å². The van der Waals surface area contributed by atoms with Crippen molar-refractivity contribution >= 4 is 23.6 Å². The van der Waals surface area contributed by atoms with Crippen LogP contribution in [0.25, 0.3) is 11.2 Å². The Hall–Kier alpha value is -1.60. The number of rotatable bonds is 5. The molecular weight excluding hydrogens is 330 g/mol. The second-order valence-corrected chi connectivity index (χ2v) is 5.53. The van der Waals surface area contributed by atoms with Crippen LogP contribution in [0.4, 0.5) is 0 Å². The van der Waals surface area contributed by atoms with E-state index in [4.69, 9.17) is 0 Å². The molecule has 7 nitrogen and oxygen atoms in total. The van der Waals surface area contributed by atoms with Gasteiger partial charge in [-0.15, -0.1) is 12.4 Å². The summed E-state index contributed by atoms with van der Waals surface area (Å²) in [4.78, 5) is 27.9. The molecule has 0 aromatic carbocycles. The lowest BCUT2D eigenvalue weighted by molar-refractivity contribution is 0.662. The topological polar surface area (TPSA) is 73.8 Å². The minimum Gasteiger partial charge on any atom is -0.323 e. The zero-order valence-electron chi connectivity index (χ0n) is 15.5. The fourth-order valence-electron chi connectivity index (χ4n) is 2.42. The Balaban J connectivity index is 0.000000570. The van der Waals surface area contributed by atoms with Gasteiger partial charge >= 0.3 is 5.69 Å². The van der Waals surface area contributed by atoms with Crippen molar-refractivity contribution in [3.8, 4) is 0 Å². The number of imidazole rings is 1. The molecule has 0 fully saturated rings. The second kappa shape index (κ2) is 10.3. The summed E-state index contributed by atoms with van der Waals surface area (Å²) in [6, 6.07) is 0. The molecule has 0 aliphatic heterocycles. The molecule has 2 rings (SSSR count). The predicted molar refractivity (Wildman–Crippen MR) is 101 cm³/mol. The molecule has 0 aliphatic carbocycles. The highest BCUT2D eigenvalue weighted by Gasteiger charge is 2.15. The number of aromatic nitrogens is 4. The van der Waals surface area contributed by atoms with Crippen molar-refractivity contribution in [3.63, 3.8) is 0 Å². The lowest BCUT2D eigenvalue weighted by atomic mass is 10.4. The highest BCUT2D eigenvalue weighted by Crippen LogP contribution is 2.09. The van der Waals surface area contributed by atoms with Gasteiger partial charge in [-0.2, -0.15) is 0 Å². The first-order chi connectivity index (χ1) is 10.9. The van der Waals surface area contributed by atoms with Gasteiger partial charge in [0.15, 0.2) is 11.2 Å². The number of nitrogens with one attached hydrogen (secondary N) is 1. The minimum atomic E-state index is -0.349. The molecule has 2 aromatic rings. The Morgan fingerprint density at radius 2 is 1.54 bits per heavy atom. The van der Waals surface area contributed by atoms with E-state index in [0.29, 0.717) is 17.7 Å². The van der Waals surface area contributed by atoms with Gasteiger partial charge in [-0.25, -0.2) is 9.78 Å². The molecule has 0 saturated heterocycles. The third-order valence-corrected chi connectivity index (χ3v) is 3.71. The largest absolute Gasteiger partial charge is 0.332 e. The van der Waals surface area contributed by atoms with Crippen LogP contribution >= 0.6 is 12.4 Å². The van der Waals surface area contributed by atoms with E-state index >= 15 is 0 Å². The molecule has 1 N–H and O–H groups in total. The summed E-state index contributed by atoms with van der Waals surface area (Å²) in [5, 5.41) is 3.28. The number of fused-ring (bicyclic) bond motifs is 1. The van der Waals surface area contributed by atoms with Crippen LogP contribution in [-0.4, -0.2) is 31.8 Å². The smallest absolute Gasteiger partial charge is 0.323 e. The number of aryl methyl sites for hydroxylation is 3. The second-order valence-electron chi connectivity index (χ2n) is 5.53. The number of halogens is 1. The highest BCUT2D eigenvalue weighted by atomic mass is 35.5. The van der Waals surface area contributed by atoms with E-state index in [1.54, 1.807) is 7.05 Å². The van der Waals surface area contributed by atoms with E-state index in [0.717, 1.165) is 10.4 Å². The fourth-order valence-corrected chi connectivity index (χ4v) is 2.42. The van der Waals surface area contributed by atoms with Crippen molar-refractivity contribution in [1.29, 1.82) is 0 Å². The van der Waals surface area contributed by atoms with E-state index < -0.39 is 0 Å². The van der Waals surface area contributed by atoms with Crippen LogP contribution in [0.15, 0.2) is 9.59 Å². The first-order valence-corrected chi connectivity index (χ1v) is 8.24. The first kappa shape index (κ1) is 22.4. The van der Waals surface area contributed by atoms with Crippen molar-refractivity contribution in [3.05, 3.63) is 26.7 Å².